The highest BCUT2D eigenvalue weighted by atomic mass is 79.9. The van der Waals surface area contributed by atoms with E-state index in [1.807, 2.05) is 13.0 Å². The highest BCUT2D eigenvalue weighted by Gasteiger charge is 2.33. The van der Waals surface area contributed by atoms with Gasteiger partial charge in [0.25, 0.3) is 5.91 Å². The van der Waals surface area contributed by atoms with E-state index in [4.69, 9.17) is 0 Å². The number of amides is 1. The number of halogens is 4. The average Bonchev–Trinajstić information content (AvgIpc) is 2.79. The number of alkyl halides is 3. The van der Waals surface area contributed by atoms with E-state index in [-0.39, 0.29) is 5.56 Å². The number of aromatic nitrogens is 4. The molecule has 3 aromatic heterocycles. The van der Waals surface area contributed by atoms with Gasteiger partial charge < -0.3 is 10.6 Å². The van der Waals surface area contributed by atoms with Crippen LogP contribution in [0.1, 0.15) is 21.6 Å². The number of carbonyl (C=O) groups excluding carboxylic acids is 1. The lowest BCUT2D eigenvalue weighted by atomic mass is 10.0. The number of pyridine rings is 2. The summed E-state index contributed by atoms with van der Waals surface area (Å²) in [6.07, 6.45) is -2.03. The van der Waals surface area contributed by atoms with Crippen LogP contribution in [0, 0.1) is 6.92 Å². The number of carbonyl (C=O) groups is 1. The molecule has 7 nitrogen and oxygen atoms in total. The molecule has 33 heavy (non-hydrogen) atoms. The number of benzene rings is 1. The molecule has 3 heterocycles. The number of fused-ring (bicyclic) bond motifs is 1. The van der Waals surface area contributed by atoms with Crippen LogP contribution >= 0.6 is 15.9 Å². The molecular formula is C22H16BrF3N6O. The number of hydrogen-bond acceptors (Lipinski definition) is 6. The Labute approximate surface area is 194 Å². The lowest BCUT2D eigenvalue weighted by Gasteiger charge is -2.13. The normalized spacial score (nSPS) is 11.5. The topological polar surface area (TPSA) is 92.7 Å². The molecule has 0 radical (unpaired) electrons. The van der Waals surface area contributed by atoms with Gasteiger partial charge >= 0.3 is 6.18 Å². The molecule has 0 aliphatic rings. The van der Waals surface area contributed by atoms with E-state index in [1.54, 1.807) is 31.4 Å². The Morgan fingerprint density at radius 2 is 1.82 bits per heavy atom. The van der Waals surface area contributed by atoms with Gasteiger partial charge in [-0.15, -0.1) is 0 Å². The maximum Gasteiger partial charge on any atom is 0.433 e. The summed E-state index contributed by atoms with van der Waals surface area (Å²) >= 11 is 3.48. The zero-order valence-corrected chi connectivity index (χ0v) is 18.9. The van der Waals surface area contributed by atoms with Gasteiger partial charge in [0, 0.05) is 41.6 Å². The number of nitrogens with one attached hydrogen (secondary N) is 2. The first-order valence-corrected chi connectivity index (χ1v) is 10.4. The van der Waals surface area contributed by atoms with Crippen molar-refractivity contribution in [1.82, 2.24) is 19.9 Å². The first-order valence-electron chi connectivity index (χ1n) is 9.62. The fourth-order valence-corrected chi connectivity index (χ4v) is 3.67. The van der Waals surface area contributed by atoms with E-state index in [2.05, 4.69) is 46.5 Å². The molecule has 0 saturated carbocycles. The fourth-order valence-electron chi connectivity index (χ4n) is 3.17. The van der Waals surface area contributed by atoms with Crippen molar-refractivity contribution in [2.24, 2.45) is 0 Å². The van der Waals surface area contributed by atoms with Crippen LogP contribution in [0.15, 0.2) is 53.4 Å². The second-order valence-corrected chi connectivity index (χ2v) is 7.85. The minimum atomic E-state index is -4.64. The largest absolute Gasteiger partial charge is 0.433 e. The highest BCUT2D eigenvalue weighted by molar-refractivity contribution is 9.10. The molecule has 0 fully saturated rings. The highest BCUT2D eigenvalue weighted by Crippen LogP contribution is 2.34. The average molecular weight is 517 g/mol. The summed E-state index contributed by atoms with van der Waals surface area (Å²) in [5.41, 5.74) is 2.08. The van der Waals surface area contributed by atoms with Gasteiger partial charge in [-0.2, -0.15) is 18.2 Å². The molecule has 168 valence electrons. The molecule has 0 aliphatic carbocycles. The van der Waals surface area contributed by atoms with E-state index >= 15 is 0 Å². The van der Waals surface area contributed by atoms with E-state index in [9.17, 15) is 18.0 Å². The quantitative estimate of drug-likeness (QED) is 0.349. The van der Waals surface area contributed by atoms with E-state index in [0.29, 0.717) is 28.0 Å². The fraction of sp³-hybridized carbons (Fsp3) is 0.136. The van der Waals surface area contributed by atoms with Crippen LogP contribution < -0.4 is 10.6 Å². The van der Waals surface area contributed by atoms with Crippen molar-refractivity contribution in [3.8, 4) is 11.1 Å². The number of nitrogens with zero attached hydrogens (tertiary/aromatic N) is 4. The van der Waals surface area contributed by atoms with Gasteiger partial charge in [-0.3, -0.25) is 9.78 Å². The predicted molar refractivity (Wildman–Crippen MR) is 122 cm³/mol. The van der Waals surface area contributed by atoms with Gasteiger partial charge in [0.2, 0.25) is 5.95 Å². The Kier molecular flexibility index (Phi) is 5.98. The minimum Gasteiger partial charge on any atom is -0.357 e. The van der Waals surface area contributed by atoms with Crippen molar-refractivity contribution in [2.75, 3.05) is 17.7 Å². The Morgan fingerprint density at radius 1 is 1.03 bits per heavy atom. The number of hydrogen-bond donors (Lipinski definition) is 2. The van der Waals surface area contributed by atoms with Gasteiger partial charge in [-0.1, -0.05) is 6.07 Å². The third-order valence-electron chi connectivity index (χ3n) is 4.84. The van der Waals surface area contributed by atoms with Crippen molar-refractivity contribution in [2.45, 2.75) is 13.1 Å². The molecule has 11 heteroatoms. The van der Waals surface area contributed by atoms with Gasteiger partial charge in [0.05, 0.1) is 0 Å². The number of rotatable bonds is 4. The monoisotopic (exact) mass is 516 g/mol. The van der Waals surface area contributed by atoms with Gasteiger partial charge in [-0.25, -0.2) is 9.97 Å². The summed E-state index contributed by atoms with van der Waals surface area (Å²) in [5.74, 6) is -0.235. The van der Waals surface area contributed by atoms with Crippen LogP contribution in [0.3, 0.4) is 0 Å². The summed E-state index contributed by atoms with van der Waals surface area (Å²) < 4.78 is 39.3. The summed E-state index contributed by atoms with van der Waals surface area (Å²) in [6.45, 7) is 1.90. The van der Waals surface area contributed by atoms with Crippen LogP contribution in [0.5, 0.6) is 0 Å². The number of anilines is 2. The summed E-state index contributed by atoms with van der Waals surface area (Å²) in [6, 6.07) is 9.02. The van der Waals surface area contributed by atoms with Gasteiger partial charge in [-0.05, 0) is 64.3 Å². The van der Waals surface area contributed by atoms with Crippen LogP contribution in [-0.4, -0.2) is 32.9 Å². The summed E-state index contributed by atoms with van der Waals surface area (Å²) in [4.78, 5) is 28.9. The molecule has 1 aromatic carbocycles. The first kappa shape index (κ1) is 22.6. The van der Waals surface area contributed by atoms with E-state index < -0.39 is 17.8 Å². The maximum absolute atomic E-state index is 12.9. The molecule has 2 N–H and O–H groups in total. The molecule has 0 saturated heterocycles. The third-order valence-corrected chi connectivity index (χ3v) is 5.45. The third kappa shape index (κ3) is 4.77. The lowest BCUT2D eigenvalue weighted by molar-refractivity contribution is -0.141. The molecule has 1 amide bonds. The molecule has 0 unspecified atom stereocenters. The zero-order chi connectivity index (χ0) is 23.8. The standard InChI is InChI=1S/C22H16BrF3N6O/c1-11-3-4-14(30-20(33)12-5-6-28-17(8-12)22(24,25)26)9-15(11)16-7-13-10-29-21(27-2)32-19(13)31-18(16)23/h3-10H,1-2H3,(H,30,33)(H,27,29,31,32). The van der Waals surface area contributed by atoms with E-state index in [0.717, 1.165) is 28.3 Å². The Bertz CT molecular complexity index is 1380. The first-order chi connectivity index (χ1) is 15.7. The van der Waals surface area contributed by atoms with Crippen molar-refractivity contribution >= 4 is 44.5 Å². The van der Waals surface area contributed by atoms with Gasteiger partial charge in [0.15, 0.2) is 5.65 Å². The lowest BCUT2D eigenvalue weighted by Crippen LogP contribution is -2.15. The Morgan fingerprint density at radius 3 is 2.55 bits per heavy atom. The SMILES string of the molecule is CNc1ncc2cc(-c3cc(NC(=O)c4ccnc(C(F)(F)F)c4)ccc3C)c(Br)nc2n1. The zero-order valence-electron chi connectivity index (χ0n) is 17.3. The molecule has 0 atom stereocenters. The van der Waals surface area contributed by atoms with Crippen molar-refractivity contribution in [3.63, 3.8) is 0 Å². The summed E-state index contributed by atoms with van der Waals surface area (Å²) in [5, 5.41) is 6.22. The van der Waals surface area contributed by atoms with E-state index in [1.165, 1.54) is 6.07 Å². The van der Waals surface area contributed by atoms with Crippen LogP contribution in [-0.2, 0) is 6.18 Å². The predicted octanol–water partition coefficient (Wildman–Crippen LogP) is 5.47. The van der Waals surface area contributed by atoms with Gasteiger partial charge in [0.1, 0.15) is 10.3 Å². The Hall–Kier alpha value is -3.60. The van der Waals surface area contributed by atoms with Crippen LogP contribution in [0.2, 0.25) is 0 Å². The second kappa shape index (κ2) is 8.74. The summed E-state index contributed by atoms with van der Waals surface area (Å²) in [7, 11) is 1.71. The molecule has 0 aliphatic heterocycles. The number of aryl methyl sites for hydroxylation is 1. The van der Waals surface area contributed by atoms with Crippen molar-refractivity contribution in [3.05, 3.63) is 70.2 Å². The Balaban J connectivity index is 1.68. The molecule has 0 spiro atoms. The molecular weight excluding hydrogens is 501 g/mol. The van der Waals surface area contributed by atoms with Crippen molar-refractivity contribution < 1.29 is 18.0 Å². The van der Waals surface area contributed by atoms with Crippen LogP contribution in [0.25, 0.3) is 22.2 Å². The van der Waals surface area contributed by atoms with Crippen LogP contribution in [0.4, 0.5) is 24.8 Å². The minimum absolute atomic E-state index is 0.148. The molecule has 0 bridgehead atoms. The molecule has 4 aromatic rings. The smallest absolute Gasteiger partial charge is 0.357 e. The van der Waals surface area contributed by atoms with Crippen molar-refractivity contribution in [1.29, 1.82) is 0 Å². The maximum atomic E-state index is 12.9. The molecule has 4 rings (SSSR count). The second-order valence-electron chi connectivity index (χ2n) is 7.09.